The fraction of sp³-hybridized carbons (Fsp3) is 0.611. The van der Waals surface area contributed by atoms with Gasteiger partial charge in [0, 0.05) is 38.8 Å². The molecule has 1 aromatic rings. The Morgan fingerprint density at radius 3 is 2.64 bits per heavy atom. The number of benzene rings is 1. The predicted molar refractivity (Wildman–Crippen MR) is 88.7 cm³/mol. The zero-order chi connectivity index (χ0) is 15.5. The number of amides is 1. The molecule has 4 heteroatoms. The van der Waals surface area contributed by atoms with E-state index < -0.39 is 0 Å². The molecule has 1 aliphatic heterocycles. The van der Waals surface area contributed by atoms with Gasteiger partial charge in [-0.25, -0.2) is 0 Å². The van der Waals surface area contributed by atoms with Crippen LogP contribution in [-0.2, 0) is 11.3 Å². The van der Waals surface area contributed by atoms with Gasteiger partial charge in [-0.1, -0.05) is 29.8 Å². The number of nitrogens with zero attached hydrogens (tertiary/aromatic N) is 2. The van der Waals surface area contributed by atoms with E-state index in [9.17, 15) is 4.79 Å². The fourth-order valence-corrected chi connectivity index (χ4v) is 3.09. The molecule has 0 unspecified atom stereocenters. The van der Waals surface area contributed by atoms with Gasteiger partial charge in [-0.15, -0.1) is 0 Å². The third-order valence-electron chi connectivity index (χ3n) is 4.75. The smallest absolute Gasteiger partial charge is 0.237 e. The second-order valence-electron chi connectivity index (χ2n) is 6.76. The van der Waals surface area contributed by atoms with Crippen molar-refractivity contribution in [2.24, 2.45) is 0 Å². The van der Waals surface area contributed by atoms with Gasteiger partial charge >= 0.3 is 0 Å². The summed E-state index contributed by atoms with van der Waals surface area (Å²) in [5.74, 6) is 0.203. The highest BCUT2D eigenvalue weighted by Crippen LogP contribution is 2.19. The molecule has 22 heavy (non-hydrogen) atoms. The van der Waals surface area contributed by atoms with Gasteiger partial charge in [0.05, 0.1) is 6.04 Å². The van der Waals surface area contributed by atoms with Crippen LogP contribution in [0.4, 0.5) is 0 Å². The molecule has 1 N–H and O–H groups in total. The first-order valence-corrected chi connectivity index (χ1v) is 8.44. The maximum Gasteiger partial charge on any atom is 0.237 e. The second kappa shape index (κ2) is 6.80. The van der Waals surface area contributed by atoms with Crippen molar-refractivity contribution < 1.29 is 4.79 Å². The standard InChI is InChI=1S/C18H27N3O/c1-14-4-3-5-16(12-14)13-20-8-10-21(11-9-20)15(2)18(22)19-17-6-7-17/h3-5,12,15,17H,6-11,13H2,1-2H3,(H,19,22)/t15-/m0/s1. The van der Waals surface area contributed by atoms with Crippen molar-refractivity contribution in [1.82, 2.24) is 15.1 Å². The third-order valence-corrected chi connectivity index (χ3v) is 4.75. The molecule has 2 aliphatic rings. The Bertz CT molecular complexity index is 519. The molecular weight excluding hydrogens is 274 g/mol. The van der Waals surface area contributed by atoms with Crippen LogP contribution in [0, 0.1) is 6.92 Å². The van der Waals surface area contributed by atoms with Crippen molar-refractivity contribution in [3.8, 4) is 0 Å². The summed E-state index contributed by atoms with van der Waals surface area (Å²) in [7, 11) is 0. The highest BCUT2D eigenvalue weighted by molar-refractivity contribution is 5.81. The number of rotatable bonds is 5. The van der Waals surface area contributed by atoms with Crippen molar-refractivity contribution in [2.45, 2.75) is 45.3 Å². The van der Waals surface area contributed by atoms with E-state index in [0.717, 1.165) is 45.6 Å². The molecule has 1 atom stereocenters. The van der Waals surface area contributed by atoms with Crippen LogP contribution in [0.5, 0.6) is 0 Å². The molecule has 0 bridgehead atoms. The summed E-state index contributed by atoms with van der Waals surface area (Å²) in [6, 6.07) is 9.19. The number of carbonyl (C=O) groups excluding carboxylic acids is 1. The van der Waals surface area contributed by atoms with E-state index in [1.165, 1.54) is 11.1 Å². The van der Waals surface area contributed by atoms with Crippen molar-refractivity contribution in [3.63, 3.8) is 0 Å². The van der Waals surface area contributed by atoms with Crippen molar-refractivity contribution in [1.29, 1.82) is 0 Å². The lowest BCUT2D eigenvalue weighted by molar-refractivity contribution is -0.126. The maximum absolute atomic E-state index is 12.1. The van der Waals surface area contributed by atoms with Crippen LogP contribution in [0.25, 0.3) is 0 Å². The Labute approximate surface area is 133 Å². The molecule has 2 fully saturated rings. The molecule has 1 aromatic carbocycles. The minimum atomic E-state index is 0.00159. The van der Waals surface area contributed by atoms with Gasteiger partial charge in [-0.3, -0.25) is 14.6 Å². The lowest BCUT2D eigenvalue weighted by atomic mass is 10.1. The second-order valence-corrected chi connectivity index (χ2v) is 6.76. The van der Waals surface area contributed by atoms with Crippen LogP contribution in [0.15, 0.2) is 24.3 Å². The van der Waals surface area contributed by atoms with E-state index in [2.05, 4.69) is 46.3 Å². The number of carbonyl (C=O) groups is 1. The number of nitrogens with one attached hydrogen (secondary N) is 1. The Morgan fingerprint density at radius 2 is 2.00 bits per heavy atom. The molecular formula is C18H27N3O. The molecule has 1 heterocycles. The fourth-order valence-electron chi connectivity index (χ4n) is 3.09. The first kappa shape index (κ1) is 15.5. The lowest BCUT2D eigenvalue weighted by Crippen LogP contribution is -2.53. The molecule has 1 saturated carbocycles. The van der Waals surface area contributed by atoms with E-state index in [4.69, 9.17) is 0 Å². The minimum absolute atomic E-state index is 0.00159. The van der Waals surface area contributed by atoms with E-state index in [0.29, 0.717) is 6.04 Å². The van der Waals surface area contributed by atoms with Gasteiger partial charge in [-0.2, -0.15) is 0 Å². The van der Waals surface area contributed by atoms with E-state index in [1.54, 1.807) is 0 Å². The topological polar surface area (TPSA) is 35.6 Å². The normalized spacial score (nSPS) is 21.5. The predicted octanol–water partition coefficient (Wildman–Crippen LogP) is 1.78. The molecule has 0 radical (unpaired) electrons. The highest BCUT2D eigenvalue weighted by Gasteiger charge is 2.29. The Balaban J connectivity index is 1.46. The van der Waals surface area contributed by atoms with Crippen LogP contribution < -0.4 is 5.32 Å². The summed E-state index contributed by atoms with van der Waals surface area (Å²) in [6.07, 6.45) is 2.31. The summed E-state index contributed by atoms with van der Waals surface area (Å²) in [5.41, 5.74) is 2.70. The maximum atomic E-state index is 12.1. The summed E-state index contributed by atoms with van der Waals surface area (Å²) in [6.45, 7) is 9.22. The number of piperazine rings is 1. The number of hydrogen-bond acceptors (Lipinski definition) is 3. The average Bonchev–Trinajstić information content (AvgIpc) is 3.31. The van der Waals surface area contributed by atoms with Crippen molar-refractivity contribution in [3.05, 3.63) is 35.4 Å². The Kier molecular flexibility index (Phi) is 4.79. The summed E-state index contributed by atoms with van der Waals surface area (Å²) in [4.78, 5) is 16.9. The molecule has 1 aliphatic carbocycles. The van der Waals surface area contributed by atoms with Crippen LogP contribution in [0.2, 0.25) is 0 Å². The molecule has 4 nitrogen and oxygen atoms in total. The highest BCUT2D eigenvalue weighted by atomic mass is 16.2. The number of hydrogen-bond donors (Lipinski definition) is 1. The van der Waals surface area contributed by atoms with Crippen LogP contribution in [0.3, 0.4) is 0 Å². The first-order chi connectivity index (χ1) is 10.6. The summed E-state index contributed by atoms with van der Waals surface area (Å²) >= 11 is 0. The zero-order valence-electron chi connectivity index (χ0n) is 13.7. The van der Waals surface area contributed by atoms with E-state index in [1.807, 2.05) is 6.92 Å². The third kappa shape index (κ3) is 4.08. The molecule has 1 saturated heterocycles. The molecule has 3 rings (SSSR count). The van der Waals surface area contributed by atoms with Gasteiger partial charge in [-0.05, 0) is 32.3 Å². The van der Waals surface area contributed by atoms with E-state index >= 15 is 0 Å². The summed E-state index contributed by atoms with van der Waals surface area (Å²) in [5, 5.41) is 3.11. The Hall–Kier alpha value is -1.39. The quantitative estimate of drug-likeness (QED) is 0.900. The SMILES string of the molecule is Cc1cccc(CN2CCN([C@@H](C)C(=O)NC3CC3)CC2)c1. The van der Waals surface area contributed by atoms with Gasteiger partial charge in [0.25, 0.3) is 0 Å². The van der Waals surface area contributed by atoms with Crippen LogP contribution in [0.1, 0.15) is 30.9 Å². The number of aryl methyl sites for hydroxylation is 1. The Morgan fingerprint density at radius 1 is 1.27 bits per heavy atom. The van der Waals surface area contributed by atoms with Crippen LogP contribution >= 0.6 is 0 Å². The summed E-state index contributed by atoms with van der Waals surface area (Å²) < 4.78 is 0. The zero-order valence-corrected chi connectivity index (χ0v) is 13.7. The van der Waals surface area contributed by atoms with Crippen LogP contribution in [-0.4, -0.2) is 54.0 Å². The monoisotopic (exact) mass is 301 g/mol. The van der Waals surface area contributed by atoms with E-state index in [-0.39, 0.29) is 11.9 Å². The molecule has 120 valence electrons. The van der Waals surface area contributed by atoms with Gasteiger partial charge in [0.15, 0.2) is 0 Å². The first-order valence-electron chi connectivity index (χ1n) is 8.44. The molecule has 1 amide bonds. The largest absolute Gasteiger partial charge is 0.352 e. The molecule has 0 aromatic heterocycles. The van der Waals surface area contributed by atoms with Crippen molar-refractivity contribution in [2.75, 3.05) is 26.2 Å². The molecule has 0 spiro atoms. The van der Waals surface area contributed by atoms with Gasteiger partial charge in [0.1, 0.15) is 0 Å². The van der Waals surface area contributed by atoms with Gasteiger partial charge < -0.3 is 5.32 Å². The minimum Gasteiger partial charge on any atom is -0.352 e. The lowest BCUT2D eigenvalue weighted by Gasteiger charge is -2.37. The average molecular weight is 301 g/mol. The van der Waals surface area contributed by atoms with Crippen molar-refractivity contribution >= 4 is 5.91 Å². The van der Waals surface area contributed by atoms with Gasteiger partial charge in [0.2, 0.25) is 5.91 Å².